The molecule has 4 heteroatoms. The van der Waals surface area contributed by atoms with E-state index in [9.17, 15) is 10.1 Å². The zero-order valence-corrected chi connectivity index (χ0v) is 13.8. The summed E-state index contributed by atoms with van der Waals surface area (Å²) in [5.41, 5.74) is 2.39. The number of amides is 1. The fourth-order valence-corrected chi connectivity index (χ4v) is 2.34. The van der Waals surface area contributed by atoms with Crippen LogP contribution < -0.4 is 5.32 Å². The van der Waals surface area contributed by atoms with Crippen LogP contribution in [0.2, 0.25) is 0 Å². The van der Waals surface area contributed by atoms with Crippen LogP contribution in [0.25, 0.3) is 0 Å². The first-order valence-electron chi connectivity index (χ1n) is 7.87. The minimum absolute atomic E-state index is 0.112. The lowest BCUT2D eigenvalue weighted by Gasteiger charge is -2.15. The summed E-state index contributed by atoms with van der Waals surface area (Å²) in [6.45, 7) is 1.15. The third kappa shape index (κ3) is 5.62. The summed E-state index contributed by atoms with van der Waals surface area (Å²) < 4.78 is 0. The van der Waals surface area contributed by atoms with Crippen LogP contribution in [0.15, 0.2) is 72.4 Å². The summed E-state index contributed by atoms with van der Waals surface area (Å²) in [6.07, 6.45) is 2.33. The SMILES string of the molecule is CN(/C=C(/C#N)C(=O)NCCc1ccccc1)Cc1ccccc1. The van der Waals surface area contributed by atoms with Crippen molar-refractivity contribution < 1.29 is 4.79 Å². The van der Waals surface area contributed by atoms with Gasteiger partial charge in [0.15, 0.2) is 0 Å². The van der Waals surface area contributed by atoms with E-state index in [4.69, 9.17) is 0 Å². The van der Waals surface area contributed by atoms with Crippen molar-refractivity contribution in [2.45, 2.75) is 13.0 Å². The molecule has 2 aromatic carbocycles. The van der Waals surface area contributed by atoms with Crippen molar-refractivity contribution in [2.75, 3.05) is 13.6 Å². The normalized spacial score (nSPS) is 10.8. The maximum absolute atomic E-state index is 12.1. The Hall–Kier alpha value is -3.06. The van der Waals surface area contributed by atoms with Crippen molar-refractivity contribution in [3.8, 4) is 6.07 Å². The Balaban J connectivity index is 1.87. The molecule has 0 saturated carbocycles. The van der Waals surface area contributed by atoms with Crippen LogP contribution >= 0.6 is 0 Å². The lowest BCUT2D eigenvalue weighted by atomic mass is 10.1. The Kier molecular flexibility index (Phi) is 6.60. The van der Waals surface area contributed by atoms with Crippen molar-refractivity contribution in [3.05, 3.63) is 83.6 Å². The van der Waals surface area contributed by atoms with Crippen molar-refractivity contribution in [3.63, 3.8) is 0 Å². The fraction of sp³-hybridized carbons (Fsp3) is 0.200. The zero-order valence-electron chi connectivity index (χ0n) is 13.8. The standard InChI is InChI=1S/C20H21N3O/c1-23(15-18-10-6-3-7-11-18)16-19(14-21)20(24)22-13-12-17-8-4-2-5-9-17/h2-11,16H,12-13,15H2,1H3,(H,22,24)/b19-16-. The van der Waals surface area contributed by atoms with Gasteiger partial charge in [-0.15, -0.1) is 0 Å². The van der Waals surface area contributed by atoms with E-state index in [0.29, 0.717) is 13.1 Å². The molecule has 2 rings (SSSR count). The fourth-order valence-electron chi connectivity index (χ4n) is 2.34. The molecule has 0 saturated heterocycles. The van der Waals surface area contributed by atoms with Crippen molar-refractivity contribution in [1.82, 2.24) is 10.2 Å². The molecule has 0 aliphatic heterocycles. The van der Waals surface area contributed by atoms with Crippen LogP contribution in [0.3, 0.4) is 0 Å². The largest absolute Gasteiger partial charge is 0.375 e. The number of nitrogens with one attached hydrogen (secondary N) is 1. The number of hydrogen-bond acceptors (Lipinski definition) is 3. The molecule has 0 bridgehead atoms. The van der Waals surface area contributed by atoms with E-state index in [-0.39, 0.29) is 11.5 Å². The minimum Gasteiger partial charge on any atom is -0.375 e. The highest BCUT2D eigenvalue weighted by molar-refractivity contribution is 5.97. The molecule has 0 atom stereocenters. The van der Waals surface area contributed by atoms with Gasteiger partial charge in [0.05, 0.1) is 0 Å². The number of nitriles is 1. The van der Waals surface area contributed by atoms with Crippen LogP contribution in [-0.2, 0) is 17.8 Å². The van der Waals surface area contributed by atoms with Gasteiger partial charge in [-0.3, -0.25) is 4.79 Å². The molecule has 1 N–H and O–H groups in total. The van der Waals surface area contributed by atoms with Crippen molar-refractivity contribution in [1.29, 1.82) is 5.26 Å². The van der Waals surface area contributed by atoms with E-state index in [2.05, 4.69) is 5.32 Å². The van der Waals surface area contributed by atoms with E-state index in [1.165, 1.54) is 0 Å². The highest BCUT2D eigenvalue weighted by Gasteiger charge is 2.09. The van der Waals surface area contributed by atoms with Gasteiger partial charge in [-0.05, 0) is 17.5 Å². The molecule has 1 amide bonds. The molecule has 0 aliphatic rings. The molecule has 122 valence electrons. The van der Waals surface area contributed by atoms with Gasteiger partial charge in [0.2, 0.25) is 0 Å². The first kappa shape index (κ1) is 17.3. The first-order chi connectivity index (χ1) is 11.7. The van der Waals surface area contributed by atoms with Gasteiger partial charge in [-0.2, -0.15) is 5.26 Å². The van der Waals surface area contributed by atoms with Crippen LogP contribution in [0.4, 0.5) is 0 Å². The molecule has 0 heterocycles. The quantitative estimate of drug-likeness (QED) is 0.630. The Morgan fingerprint density at radius 2 is 1.67 bits per heavy atom. The monoisotopic (exact) mass is 319 g/mol. The molecule has 0 radical (unpaired) electrons. The molecule has 0 aliphatic carbocycles. The number of carbonyl (C=O) groups is 1. The number of benzene rings is 2. The second kappa shape index (κ2) is 9.16. The summed E-state index contributed by atoms with van der Waals surface area (Å²) in [5, 5.41) is 12.0. The smallest absolute Gasteiger partial charge is 0.263 e. The van der Waals surface area contributed by atoms with Crippen LogP contribution in [0.1, 0.15) is 11.1 Å². The van der Waals surface area contributed by atoms with Gasteiger partial charge in [0, 0.05) is 26.3 Å². The highest BCUT2D eigenvalue weighted by atomic mass is 16.1. The van der Waals surface area contributed by atoms with Crippen molar-refractivity contribution >= 4 is 5.91 Å². The highest BCUT2D eigenvalue weighted by Crippen LogP contribution is 2.05. The average molecular weight is 319 g/mol. The molecule has 2 aromatic rings. The zero-order chi connectivity index (χ0) is 17.2. The number of hydrogen-bond donors (Lipinski definition) is 1. The van der Waals surface area contributed by atoms with Crippen LogP contribution in [0.5, 0.6) is 0 Å². The van der Waals surface area contributed by atoms with Gasteiger partial charge >= 0.3 is 0 Å². The average Bonchev–Trinajstić information content (AvgIpc) is 2.61. The predicted molar refractivity (Wildman–Crippen MR) is 94.8 cm³/mol. The van der Waals surface area contributed by atoms with Gasteiger partial charge in [0.1, 0.15) is 11.6 Å². The Morgan fingerprint density at radius 1 is 1.08 bits per heavy atom. The summed E-state index contributed by atoms with van der Waals surface area (Å²) in [6, 6.07) is 21.8. The van der Waals surface area contributed by atoms with Gasteiger partial charge in [-0.1, -0.05) is 60.7 Å². The Labute approximate surface area is 143 Å². The molecule has 0 spiro atoms. The molecule has 24 heavy (non-hydrogen) atoms. The van der Waals surface area contributed by atoms with E-state index in [0.717, 1.165) is 17.5 Å². The number of rotatable bonds is 7. The third-order valence-corrected chi connectivity index (χ3v) is 3.53. The lowest BCUT2D eigenvalue weighted by molar-refractivity contribution is -0.117. The Morgan fingerprint density at radius 3 is 2.25 bits per heavy atom. The van der Waals surface area contributed by atoms with E-state index >= 15 is 0 Å². The van der Waals surface area contributed by atoms with Gasteiger partial charge < -0.3 is 10.2 Å². The van der Waals surface area contributed by atoms with Gasteiger partial charge in [0.25, 0.3) is 5.91 Å². The topological polar surface area (TPSA) is 56.1 Å². The maximum atomic E-state index is 12.1. The molecular formula is C20H21N3O. The first-order valence-corrected chi connectivity index (χ1v) is 7.87. The minimum atomic E-state index is -0.339. The molecule has 0 aromatic heterocycles. The summed E-state index contributed by atoms with van der Waals surface area (Å²) in [4.78, 5) is 14.0. The maximum Gasteiger partial charge on any atom is 0.263 e. The molecule has 0 unspecified atom stereocenters. The van der Waals surface area contributed by atoms with Crippen LogP contribution in [-0.4, -0.2) is 24.4 Å². The predicted octanol–water partition coefficient (Wildman–Crippen LogP) is 2.88. The summed E-state index contributed by atoms with van der Waals surface area (Å²) >= 11 is 0. The van der Waals surface area contributed by atoms with Crippen molar-refractivity contribution in [2.24, 2.45) is 0 Å². The van der Waals surface area contributed by atoms with E-state index < -0.39 is 0 Å². The van der Waals surface area contributed by atoms with E-state index in [1.54, 1.807) is 6.20 Å². The second-order valence-corrected chi connectivity index (χ2v) is 5.55. The van der Waals surface area contributed by atoms with Gasteiger partial charge in [-0.25, -0.2) is 0 Å². The summed E-state index contributed by atoms with van der Waals surface area (Å²) in [7, 11) is 1.85. The molecular weight excluding hydrogens is 298 g/mol. The van der Waals surface area contributed by atoms with Crippen LogP contribution in [0, 0.1) is 11.3 Å². The van der Waals surface area contributed by atoms with E-state index in [1.807, 2.05) is 78.7 Å². The second-order valence-electron chi connectivity index (χ2n) is 5.55. The summed E-state index contributed by atoms with van der Waals surface area (Å²) in [5.74, 6) is -0.339. The number of nitrogens with zero attached hydrogens (tertiary/aromatic N) is 2. The molecule has 0 fully saturated rings. The number of carbonyl (C=O) groups excluding carboxylic acids is 1. The third-order valence-electron chi connectivity index (χ3n) is 3.53. The lowest BCUT2D eigenvalue weighted by Crippen LogP contribution is -2.28. The Bertz CT molecular complexity index is 718. The molecule has 4 nitrogen and oxygen atoms in total.